The van der Waals surface area contributed by atoms with Crippen molar-refractivity contribution in [1.82, 2.24) is 0 Å². The van der Waals surface area contributed by atoms with Gasteiger partial charge in [-0.3, -0.25) is 0 Å². The summed E-state index contributed by atoms with van der Waals surface area (Å²) in [4.78, 5) is 121. The van der Waals surface area contributed by atoms with Crippen LogP contribution in [0.2, 0.25) is 0 Å². The Morgan fingerprint density at radius 3 is 0.447 bits per heavy atom. The van der Waals surface area contributed by atoms with Gasteiger partial charge in [-0.15, -0.1) is 0 Å². The predicted molar refractivity (Wildman–Crippen MR) is 113 cm³/mol. The Labute approximate surface area is 308 Å². The second-order valence-corrected chi connectivity index (χ2v) is 22.1. The third-order valence-corrected chi connectivity index (χ3v) is 16.6. The summed E-state index contributed by atoms with van der Waals surface area (Å²) in [5, 5.41) is 33.3. The van der Waals surface area contributed by atoms with Crippen molar-refractivity contribution in [2.24, 2.45) is 0 Å². The van der Waals surface area contributed by atoms with E-state index < -0.39 is 83.1 Å². The maximum atomic E-state index is 10.3. The first-order chi connectivity index (χ1) is 18.9. The summed E-state index contributed by atoms with van der Waals surface area (Å²) in [6.07, 6.45) is 0. The first-order valence-corrected chi connectivity index (χ1v) is 22.0. The molecule has 0 rings (SSSR count). The van der Waals surface area contributed by atoms with Crippen molar-refractivity contribution in [2.45, 2.75) is 22.3 Å². The summed E-state index contributed by atoms with van der Waals surface area (Å²) in [5.74, 6) is 0. The van der Waals surface area contributed by atoms with Gasteiger partial charge in [0.2, 0.25) is 0 Å². The molecule has 47 heavy (non-hydrogen) atoms. The average Bonchev–Trinajstić information content (AvgIpc) is 2.85. The van der Waals surface area contributed by atoms with Crippen LogP contribution in [-0.2, 0) is 120 Å². The maximum absolute atomic E-state index is 10.3. The van der Waals surface area contributed by atoms with E-state index in [1.165, 1.54) is 0 Å². The van der Waals surface area contributed by atoms with Crippen LogP contribution >= 0.6 is 60.8 Å². The second kappa shape index (κ2) is 25.3. The molecule has 0 aliphatic rings. The molecule has 0 aromatic heterocycles. The van der Waals surface area contributed by atoms with Crippen molar-refractivity contribution in [3.8, 4) is 0 Å². The number of aliphatic hydroxyl groups excluding tert-OH is 4. The first-order valence-electron chi connectivity index (χ1n) is 9.11. The molecule has 0 amide bonds. The number of hydrogen-bond acceptors (Lipinski definition) is 28. The topological polar surface area (TPSA) is 531 Å². The van der Waals surface area contributed by atoms with Gasteiger partial charge in [0.1, 0.15) is 22.3 Å². The molecule has 0 radical (unpaired) electrons. The second-order valence-electron chi connectivity index (χ2n) is 6.43. The molecule has 0 bridgehead atoms. The van der Waals surface area contributed by atoms with Gasteiger partial charge in [0.05, 0.1) is 0 Å². The maximum Gasteiger partial charge on any atom is 4.00 e. The van der Waals surface area contributed by atoms with Gasteiger partial charge in [0.15, 0.2) is 30.4 Å². The van der Waals surface area contributed by atoms with E-state index in [1.54, 1.807) is 0 Å². The Morgan fingerprint density at radius 1 is 0.340 bits per heavy atom. The zero-order valence-electron chi connectivity index (χ0n) is 23.0. The van der Waals surface area contributed by atoms with E-state index in [4.69, 9.17) is 20.4 Å². The van der Waals surface area contributed by atoms with E-state index in [0.717, 1.165) is 0 Å². The molecule has 0 fully saturated rings. The SMILES string of the molecule is COP(=O)([O-])C(O)P(=O)([O-])[O-].COP(=O)([O-])C(O)P(=O)([O-])[O-].COP(=O)([O-])C(O)P(=O)([O-])[O-].COP(=O)([O-])C(O)P(=O)([O-])[O-].[Ti+4].[Ti+4].[Ti+4]. The van der Waals surface area contributed by atoms with Crippen LogP contribution in [0.15, 0.2) is 0 Å². The fourth-order valence-corrected chi connectivity index (χ4v) is 8.50. The van der Waals surface area contributed by atoms with Crippen molar-refractivity contribution in [1.29, 1.82) is 0 Å². The molecule has 0 aliphatic heterocycles. The Bertz CT molecular complexity index is 1070. The molecule has 0 aromatic carbocycles. The standard InChI is InChI=1S/4C2H8O7P2.3Ti/c4*1-9-11(7,8)2(3)10(4,5)6;;;/h4*2-3H,1H3,(H,7,8)(H2,4,5,6);;;/q;;;;3*+4/p-12. The number of hydrogen-bond donors (Lipinski definition) is 4. The molecule has 8 unspecified atom stereocenters. The number of aliphatic hydroxyl groups is 4. The van der Waals surface area contributed by atoms with Gasteiger partial charge in [-0.1, -0.05) is 0 Å². The van der Waals surface area contributed by atoms with E-state index in [0.29, 0.717) is 28.4 Å². The van der Waals surface area contributed by atoms with Crippen LogP contribution < -0.4 is 58.7 Å². The molecule has 4 N–H and O–H groups in total. The quantitative estimate of drug-likeness (QED) is 0.104. The minimum atomic E-state index is -5.54. The van der Waals surface area contributed by atoms with Crippen LogP contribution in [0.1, 0.15) is 0 Å². The molecule has 0 heterocycles. The third-order valence-electron chi connectivity index (χ3n) is 3.28. The molecule has 0 spiro atoms. The Kier molecular flexibility index (Phi) is 35.0. The zero-order valence-corrected chi connectivity index (χ0v) is 34.8. The minimum Gasteiger partial charge on any atom is -0.809 e. The van der Waals surface area contributed by atoms with Gasteiger partial charge >= 0.3 is 65.2 Å². The Balaban J connectivity index is -0.0000000889. The van der Waals surface area contributed by atoms with E-state index in [9.17, 15) is 95.2 Å². The molecular formula is C8H20O28P8Ti3. The van der Waals surface area contributed by atoms with Crippen molar-refractivity contribution in [2.75, 3.05) is 28.4 Å². The van der Waals surface area contributed by atoms with Crippen molar-refractivity contribution < 1.29 is 199 Å². The molecule has 8 atom stereocenters. The molecule has 272 valence electrons. The summed E-state index contributed by atoms with van der Waals surface area (Å²) in [7, 11) is -39.5. The van der Waals surface area contributed by atoms with Crippen LogP contribution in [0.3, 0.4) is 0 Å². The zero-order chi connectivity index (χ0) is 37.1. The summed E-state index contributed by atoms with van der Waals surface area (Å²) in [6.45, 7) is 0. The fraction of sp³-hybridized carbons (Fsp3) is 1.00. The van der Waals surface area contributed by atoms with Gasteiger partial charge < -0.3 is 134 Å². The van der Waals surface area contributed by atoms with Gasteiger partial charge in [0.25, 0.3) is 0 Å². The summed E-state index contributed by atoms with van der Waals surface area (Å²) in [5.41, 5.74) is -12.0. The van der Waals surface area contributed by atoms with Crippen molar-refractivity contribution >= 4 is 60.8 Å². The summed E-state index contributed by atoms with van der Waals surface area (Å²) in [6, 6.07) is 0. The number of rotatable bonds is 12. The largest absolute Gasteiger partial charge is 4.00 e. The molecule has 0 saturated heterocycles. The average molecular weight is 956 g/mol. The van der Waals surface area contributed by atoms with Gasteiger partial charge in [0, 0.05) is 28.4 Å². The molecule has 0 aromatic rings. The normalized spacial score (nSPS) is 19.5. The van der Waals surface area contributed by atoms with Crippen molar-refractivity contribution in [3.63, 3.8) is 0 Å². The van der Waals surface area contributed by atoms with Gasteiger partial charge in [-0.2, -0.15) is 0 Å². The van der Waals surface area contributed by atoms with Gasteiger partial charge in [-0.25, -0.2) is 0 Å². The molecule has 39 heteroatoms. The van der Waals surface area contributed by atoms with Gasteiger partial charge in [-0.05, 0) is 30.4 Å². The molecule has 0 aliphatic carbocycles. The monoisotopic (exact) mass is 956 g/mol. The molecule has 0 saturated carbocycles. The first kappa shape index (κ1) is 65.1. The predicted octanol–water partition coefficient (Wildman–Crippen LogP) is -10.5. The molecule has 28 nitrogen and oxygen atoms in total. The van der Waals surface area contributed by atoms with E-state index in [2.05, 4.69) is 18.1 Å². The van der Waals surface area contributed by atoms with E-state index >= 15 is 0 Å². The minimum absolute atomic E-state index is 0. The Morgan fingerprint density at radius 2 is 0.426 bits per heavy atom. The van der Waals surface area contributed by atoms with Crippen LogP contribution in [-0.4, -0.2) is 71.2 Å². The fourth-order valence-electron chi connectivity index (χ4n) is 1.07. The van der Waals surface area contributed by atoms with Crippen molar-refractivity contribution in [3.05, 3.63) is 0 Å². The smallest absolute Gasteiger partial charge is 0.809 e. The summed E-state index contributed by atoms with van der Waals surface area (Å²) < 4.78 is 95.4. The van der Waals surface area contributed by atoms with E-state index in [-0.39, 0.29) is 65.2 Å². The van der Waals surface area contributed by atoms with Crippen LogP contribution in [0.5, 0.6) is 0 Å². The third kappa shape index (κ3) is 27.4. The summed E-state index contributed by atoms with van der Waals surface area (Å²) >= 11 is 0. The molecular weight excluding hydrogens is 935 g/mol. The Hall–Kier alpha value is 3.18. The van der Waals surface area contributed by atoms with E-state index in [1.807, 2.05) is 0 Å². The van der Waals surface area contributed by atoms with Crippen LogP contribution in [0, 0.1) is 0 Å². The van der Waals surface area contributed by atoms with Crippen LogP contribution in [0.25, 0.3) is 0 Å². The van der Waals surface area contributed by atoms with Crippen LogP contribution in [0.4, 0.5) is 0 Å².